The van der Waals surface area contributed by atoms with Gasteiger partial charge in [0.15, 0.2) is 7.85 Å². The monoisotopic (exact) mass is 143 g/mol. The number of aromatic nitrogens is 1. The van der Waals surface area contributed by atoms with Crippen LogP contribution < -0.4 is 4.91 Å². The van der Waals surface area contributed by atoms with Gasteiger partial charge in [0.05, 0.1) is 5.69 Å². The summed E-state index contributed by atoms with van der Waals surface area (Å²) in [5, 5.41) is 0. The Morgan fingerprint density at radius 1 is 1.75 bits per heavy atom. The smallest absolute Gasteiger partial charge is 0.157 e. The molecule has 0 bridgehead atoms. The van der Waals surface area contributed by atoms with Crippen molar-refractivity contribution in [1.29, 1.82) is 0 Å². The van der Waals surface area contributed by atoms with E-state index in [4.69, 9.17) is 19.4 Å². The lowest BCUT2D eigenvalue weighted by Crippen LogP contribution is -1.97. The lowest BCUT2D eigenvalue weighted by molar-refractivity contribution is 1.29. The number of aryl methyl sites for hydroxylation is 1. The van der Waals surface area contributed by atoms with Crippen LogP contribution in [0.5, 0.6) is 0 Å². The second-order valence-electron chi connectivity index (χ2n) is 1.41. The minimum absolute atomic E-state index is 0.535. The molecule has 0 spiro atoms. The Morgan fingerprint density at radius 2 is 2.38 bits per heavy atom. The van der Waals surface area contributed by atoms with E-state index in [1.54, 1.807) is 0 Å². The molecular formula is C4H3BClNS. The van der Waals surface area contributed by atoms with Crippen molar-refractivity contribution in [3.8, 4) is 0 Å². The third kappa shape index (κ3) is 1.04. The average Bonchev–Trinajstić information content (AvgIpc) is 1.85. The molecule has 0 aromatic carbocycles. The number of hydrogen-bond acceptors (Lipinski definition) is 2. The minimum Gasteiger partial charge on any atom is -0.257 e. The van der Waals surface area contributed by atoms with E-state index < -0.39 is 0 Å². The molecular weight excluding hydrogens is 140 g/mol. The molecule has 0 aliphatic heterocycles. The van der Waals surface area contributed by atoms with Gasteiger partial charge >= 0.3 is 0 Å². The molecule has 0 fully saturated rings. The molecule has 0 N–H and O–H groups in total. The molecule has 1 rings (SSSR count). The molecule has 0 aliphatic rings. The molecule has 1 aromatic rings. The number of hydrogen-bond donors (Lipinski definition) is 0. The number of halogens is 1. The van der Waals surface area contributed by atoms with Crippen LogP contribution >= 0.6 is 22.9 Å². The summed E-state index contributed by atoms with van der Waals surface area (Å²) in [5.41, 5.74) is 0.814. The number of nitrogens with zero attached hydrogens (tertiary/aromatic N) is 1. The Morgan fingerprint density at radius 3 is 2.50 bits per heavy atom. The van der Waals surface area contributed by atoms with Gasteiger partial charge in [-0.3, -0.25) is 4.98 Å². The molecule has 4 heteroatoms. The van der Waals surface area contributed by atoms with E-state index in [1.165, 1.54) is 11.3 Å². The zero-order valence-electron chi connectivity index (χ0n) is 4.31. The third-order valence-corrected chi connectivity index (χ3v) is 2.04. The van der Waals surface area contributed by atoms with Crippen LogP contribution in [-0.4, -0.2) is 12.8 Å². The van der Waals surface area contributed by atoms with Crippen molar-refractivity contribution < 1.29 is 0 Å². The highest BCUT2D eigenvalue weighted by molar-refractivity contribution is 7.23. The van der Waals surface area contributed by atoms with Crippen LogP contribution in [0.25, 0.3) is 0 Å². The maximum absolute atomic E-state index is 5.61. The summed E-state index contributed by atoms with van der Waals surface area (Å²) in [6.07, 6.45) is 0. The van der Waals surface area contributed by atoms with Gasteiger partial charge in [-0.15, -0.1) is 11.3 Å². The fraction of sp³-hybridized carbons (Fsp3) is 0.250. The largest absolute Gasteiger partial charge is 0.257 e. The lowest BCUT2D eigenvalue weighted by atomic mass is 10.2. The number of rotatable bonds is 0. The third-order valence-electron chi connectivity index (χ3n) is 0.757. The van der Waals surface area contributed by atoms with Gasteiger partial charge < -0.3 is 0 Å². The first-order chi connectivity index (χ1) is 3.70. The van der Waals surface area contributed by atoms with E-state index in [9.17, 15) is 0 Å². The first-order valence-electron chi connectivity index (χ1n) is 2.08. The molecule has 2 radical (unpaired) electrons. The highest BCUT2D eigenvalue weighted by atomic mass is 35.5. The van der Waals surface area contributed by atoms with E-state index in [-0.39, 0.29) is 0 Å². The van der Waals surface area contributed by atoms with Crippen LogP contribution in [-0.2, 0) is 0 Å². The molecule has 0 unspecified atom stereocenters. The van der Waals surface area contributed by atoms with Crippen LogP contribution in [0, 0.1) is 6.92 Å². The SMILES string of the molecule is [B]c1nc(C)c(Cl)s1. The van der Waals surface area contributed by atoms with Crippen molar-refractivity contribution in [2.45, 2.75) is 6.92 Å². The molecule has 0 saturated carbocycles. The van der Waals surface area contributed by atoms with E-state index in [2.05, 4.69) is 4.98 Å². The van der Waals surface area contributed by atoms with Crippen LogP contribution in [0.2, 0.25) is 4.34 Å². The summed E-state index contributed by atoms with van der Waals surface area (Å²) >= 11 is 6.91. The van der Waals surface area contributed by atoms with Crippen molar-refractivity contribution in [1.82, 2.24) is 4.98 Å². The van der Waals surface area contributed by atoms with Gasteiger partial charge in [-0.2, -0.15) is 0 Å². The van der Waals surface area contributed by atoms with Gasteiger partial charge in [-0.25, -0.2) is 0 Å². The van der Waals surface area contributed by atoms with Crippen molar-refractivity contribution in [2.75, 3.05) is 0 Å². The Hall–Kier alpha value is -0.0151. The summed E-state index contributed by atoms with van der Waals surface area (Å²) in [6, 6.07) is 0. The summed E-state index contributed by atoms with van der Waals surface area (Å²) in [7, 11) is 5.30. The molecule has 8 heavy (non-hydrogen) atoms. The van der Waals surface area contributed by atoms with Crippen molar-refractivity contribution in [2.24, 2.45) is 0 Å². The van der Waals surface area contributed by atoms with Crippen LogP contribution in [0.4, 0.5) is 0 Å². The second-order valence-corrected chi connectivity index (χ2v) is 3.04. The molecule has 40 valence electrons. The highest BCUT2D eigenvalue weighted by Crippen LogP contribution is 2.15. The normalized spacial score (nSPS) is 9.75. The van der Waals surface area contributed by atoms with Gasteiger partial charge in [-0.1, -0.05) is 11.6 Å². The second kappa shape index (κ2) is 2.07. The summed E-state index contributed by atoms with van der Waals surface area (Å²) in [6.45, 7) is 1.83. The first-order valence-corrected chi connectivity index (χ1v) is 3.28. The van der Waals surface area contributed by atoms with E-state index >= 15 is 0 Å². The Kier molecular flexibility index (Phi) is 1.58. The van der Waals surface area contributed by atoms with E-state index in [0.29, 0.717) is 9.24 Å². The van der Waals surface area contributed by atoms with E-state index in [0.717, 1.165) is 5.69 Å². The fourth-order valence-electron chi connectivity index (χ4n) is 0.398. The molecule has 1 heterocycles. The summed E-state index contributed by atoms with van der Waals surface area (Å²) in [5.74, 6) is 0. The van der Waals surface area contributed by atoms with Gasteiger partial charge in [-0.05, 0) is 6.92 Å². The Balaban J connectivity index is 3.14. The van der Waals surface area contributed by atoms with Gasteiger partial charge in [0.1, 0.15) is 4.34 Å². The molecule has 0 amide bonds. The van der Waals surface area contributed by atoms with Crippen molar-refractivity contribution in [3.63, 3.8) is 0 Å². The molecule has 1 aromatic heterocycles. The predicted molar refractivity (Wildman–Crippen MR) is 37.2 cm³/mol. The van der Waals surface area contributed by atoms with Gasteiger partial charge in [0.2, 0.25) is 0 Å². The molecule has 1 nitrogen and oxygen atoms in total. The summed E-state index contributed by atoms with van der Waals surface area (Å²) in [4.78, 5) is 4.41. The molecule has 0 atom stereocenters. The lowest BCUT2D eigenvalue weighted by Gasteiger charge is -1.75. The van der Waals surface area contributed by atoms with Crippen molar-refractivity contribution in [3.05, 3.63) is 10.0 Å². The molecule has 0 aliphatic carbocycles. The first kappa shape index (κ1) is 6.11. The van der Waals surface area contributed by atoms with Gasteiger partial charge in [0.25, 0.3) is 0 Å². The Bertz CT molecular complexity index is 178. The zero-order valence-corrected chi connectivity index (χ0v) is 5.88. The average molecular weight is 143 g/mol. The van der Waals surface area contributed by atoms with Crippen LogP contribution in [0.1, 0.15) is 5.69 Å². The quantitative estimate of drug-likeness (QED) is 0.492. The zero-order chi connectivity index (χ0) is 6.15. The number of thiazole rings is 1. The maximum Gasteiger partial charge on any atom is 0.157 e. The van der Waals surface area contributed by atoms with Crippen LogP contribution in [0.15, 0.2) is 0 Å². The topological polar surface area (TPSA) is 12.9 Å². The minimum atomic E-state index is 0.535. The van der Waals surface area contributed by atoms with E-state index in [1.807, 2.05) is 6.92 Å². The van der Waals surface area contributed by atoms with Gasteiger partial charge in [0, 0.05) is 4.91 Å². The molecule has 0 saturated heterocycles. The summed E-state index contributed by atoms with van der Waals surface area (Å²) < 4.78 is 0.683. The fourth-order valence-corrected chi connectivity index (χ4v) is 1.24. The van der Waals surface area contributed by atoms with Crippen molar-refractivity contribution >= 4 is 35.7 Å². The van der Waals surface area contributed by atoms with Crippen LogP contribution in [0.3, 0.4) is 0 Å². The standard InChI is InChI=1S/C4H3BClNS/c1-2-3(6)8-4(5)7-2/h1H3. The predicted octanol–water partition coefficient (Wildman–Crippen LogP) is 0.899. The highest BCUT2D eigenvalue weighted by Gasteiger charge is 1.97. The maximum atomic E-state index is 5.61. The Labute approximate surface area is 58.1 Å².